The fourth-order valence-corrected chi connectivity index (χ4v) is 2.71. The lowest BCUT2D eigenvalue weighted by Crippen LogP contribution is -2.30. The molecule has 1 amide bonds. The summed E-state index contributed by atoms with van der Waals surface area (Å²) in [6, 6.07) is 8.93. The number of hydrogen-bond donors (Lipinski definition) is 1. The Morgan fingerprint density at radius 1 is 1.15 bits per heavy atom. The van der Waals surface area contributed by atoms with E-state index in [1.165, 1.54) is 28.8 Å². The summed E-state index contributed by atoms with van der Waals surface area (Å²) >= 11 is 0. The highest BCUT2D eigenvalue weighted by Crippen LogP contribution is 2.15. The molecule has 0 aliphatic rings. The van der Waals surface area contributed by atoms with Crippen molar-refractivity contribution < 1.29 is 9.18 Å². The van der Waals surface area contributed by atoms with Gasteiger partial charge in [0.05, 0.1) is 6.20 Å². The SMILES string of the molecule is Cc1ccn(-c2ccc(F)cc2)c(=O)c1C(=O)Nc1ccnn1C(C)C. The molecule has 0 aliphatic carbocycles. The van der Waals surface area contributed by atoms with Crippen LogP contribution in [0.4, 0.5) is 10.2 Å². The van der Waals surface area contributed by atoms with Gasteiger partial charge in [-0.15, -0.1) is 0 Å². The lowest BCUT2D eigenvalue weighted by Gasteiger charge is -2.13. The molecule has 0 fully saturated rings. The van der Waals surface area contributed by atoms with Crippen LogP contribution in [0, 0.1) is 12.7 Å². The summed E-state index contributed by atoms with van der Waals surface area (Å²) in [6.07, 6.45) is 3.16. The summed E-state index contributed by atoms with van der Waals surface area (Å²) in [5.74, 6) is -0.388. The molecule has 2 heterocycles. The summed E-state index contributed by atoms with van der Waals surface area (Å²) in [5.41, 5.74) is 0.609. The summed E-state index contributed by atoms with van der Waals surface area (Å²) in [5, 5.41) is 6.91. The fraction of sp³-hybridized carbons (Fsp3) is 0.211. The van der Waals surface area contributed by atoms with Gasteiger partial charge < -0.3 is 5.32 Å². The standard InChI is InChI=1S/C19H19FN4O2/c1-12(2)24-16(8-10-21-24)22-18(25)17-13(3)9-11-23(19(17)26)15-6-4-14(20)5-7-15/h4-12H,1-3H3,(H,22,25). The second-order valence-electron chi connectivity index (χ2n) is 6.23. The molecule has 0 atom stereocenters. The van der Waals surface area contributed by atoms with E-state index in [0.717, 1.165) is 0 Å². The monoisotopic (exact) mass is 354 g/mol. The predicted octanol–water partition coefficient (Wildman–Crippen LogP) is 3.31. The summed E-state index contributed by atoms with van der Waals surface area (Å²) < 4.78 is 16.1. The molecule has 0 bridgehead atoms. The van der Waals surface area contributed by atoms with Gasteiger partial charge in [0, 0.05) is 24.0 Å². The number of aryl methyl sites for hydroxylation is 1. The maximum Gasteiger partial charge on any atom is 0.268 e. The van der Waals surface area contributed by atoms with Crippen molar-refractivity contribution in [2.24, 2.45) is 0 Å². The molecule has 2 aromatic heterocycles. The number of pyridine rings is 1. The fourth-order valence-electron chi connectivity index (χ4n) is 2.71. The summed E-state index contributed by atoms with van der Waals surface area (Å²) in [7, 11) is 0. The van der Waals surface area contributed by atoms with Gasteiger partial charge in [-0.2, -0.15) is 5.10 Å². The molecule has 0 aliphatic heterocycles. The molecule has 0 spiro atoms. The summed E-state index contributed by atoms with van der Waals surface area (Å²) in [6.45, 7) is 5.58. The van der Waals surface area contributed by atoms with Crippen LogP contribution in [0.5, 0.6) is 0 Å². The topological polar surface area (TPSA) is 68.9 Å². The first kappa shape index (κ1) is 17.6. The largest absolute Gasteiger partial charge is 0.307 e. The molecule has 6 nitrogen and oxygen atoms in total. The lowest BCUT2D eigenvalue weighted by molar-refractivity contribution is 0.102. The van der Waals surface area contributed by atoms with E-state index >= 15 is 0 Å². The normalized spacial score (nSPS) is 11.0. The van der Waals surface area contributed by atoms with Crippen LogP contribution in [0.2, 0.25) is 0 Å². The number of halogens is 1. The van der Waals surface area contributed by atoms with Gasteiger partial charge in [0.2, 0.25) is 0 Å². The van der Waals surface area contributed by atoms with E-state index in [2.05, 4.69) is 10.4 Å². The van der Waals surface area contributed by atoms with Gasteiger partial charge in [0.1, 0.15) is 17.2 Å². The Morgan fingerprint density at radius 3 is 2.50 bits per heavy atom. The zero-order valence-electron chi connectivity index (χ0n) is 14.7. The molecule has 1 aromatic carbocycles. The van der Waals surface area contributed by atoms with Crippen molar-refractivity contribution in [3.05, 3.63) is 76.1 Å². The highest BCUT2D eigenvalue weighted by atomic mass is 19.1. The van der Waals surface area contributed by atoms with Crippen molar-refractivity contribution in [3.8, 4) is 5.69 Å². The number of carbonyl (C=O) groups is 1. The minimum absolute atomic E-state index is 0.0355. The number of carbonyl (C=O) groups excluding carboxylic acids is 1. The van der Waals surface area contributed by atoms with Crippen molar-refractivity contribution in [2.45, 2.75) is 26.8 Å². The predicted molar refractivity (Wildman–Crippen MR) is 97.3 cm³/mol. The zero-order chi connectivity index (χ0) is 18.8. The third kappa shape index (κ3) is 3.28. The van der Waals surface area contributed by atoms with E-state index in [1.54, 1.807) is 36.1 Å². The first-order valence-corrected chi connectivity index (χ1v) is 8.21. The smallest absolute Gasteiger partial charge is 0.268 e. The first-order chi connectivity index (χ1) is 12.4. The Labute approximate surface area is 149 Å². The van der Waals surface area contributed by atoms with Crippen molar-refractivity contribution in [2.75, 3.05) is 5.32 Å². The molecule has 0 saturated carbocycles. The van der Waals surface area contributed by atoms with Gasteiger partial charge in [-0.1, -0.05) is 0 Å². The maximum atomic E-state index is 13.1. The Morgan fingerprint density at radius 2 is 1.85 bits per heavy atom. The number of amides is 1. The minimum atomic E-state index is -0.508. The number of nitrogens with zero attached hydrogens (tertiary/aromatic N) is 3. The number of nitrogens with one attached hydrogen (secondary N) is 1. The molecule has 134 valence electrons. The Bertz CT molecular complexity index is 1000. The van der Waals surface area contributed by atoms with Crippen LogP contribution in [0.15, 0.2) is 53.6 Å². The molecule has 1 N–H and O–H groups in total. The van der Waals surface area contributed by atoms with E-state index in [4.69, 9.17) is 0 Å². The van der Waals surface area contributed by atoms with Crippen LogP contribution in [0.3, 0.4) is 0 Å². The minimum Gasteiger partial charge on any atom is -0.307 e. The molecule has 26 heavy (non-hydrogen) atoms. The molecular weight excluding hydrogens is 335 g/mol. The van der Waals surface area contributed by atoms with Crippen molar-refractivity contribution in [1.82, 2.24) is 14.3 Å². The molecule has 0 unspecified atom stereocenters. The van der Waals surface area contributed by atoms with Gasteiger partial charge in [-0.05, 0) is 56.7 Å². The van der Waals surface area contributed by atoms with Gasteiger partial charge >= 0.3 is 0 Å². The molecular formula is C19H19FN4O2. The van der Waals surface area contributed by atoms with E-state index in [1.807, 2.05) is 13.8 Å². The van der Waals surface area contributed by atoms with Gasteiger partial charge in [-0.3, -0.25) is 14.2 Å². The van der Waals surface area contributed by atoms with Gasteiger partial charge in [0.25, 0.3) is 11.5 Å². The zero-order valence-corrected chi connectivity index (χ0v) is 14.7. The van der Waals surface area contributed by atoms with Crippen molar-refractivity contribution >= 4 is 11.7 Å². The van der Waals surface area contributed by atoms with Gasteiger partial charge in [0.15, 0.2) is 0 Å². The Kier molecular flexibility index (Phi) is 4.71. The van der Waals surface area contributed by atoms with Crippen LogP contribution in [-0.4, -0.2) is 20.3 Å². The number of hydrogen-bond acceptors (Lipinski definition) is 3. The molecule has 3 aromatic rings. The number of rotatable bonds is 4. The second kappa shape index (κ2) is 6.95. The van der Waals surface area contributed by atoms with Crippen LogP contribution >= 0.6 is 0 Å². The molecule has 0 radical (unpaired) electrons. The number of aromatic nitrogens is 3. The highest BCUT2D eigenvalue weighted by molar-refractivity contribution is 6.04. The molecule has 0 saturated heterocycles. The number of benzene rings is 1. The van der Waals surface area contributed by atoms with E-state index in [-0.39, 0.29) is 11.6 Å². The van der Waals surface area contributed by atoms with Crippen LogP contribution in [0.1, 0.15) is 35.8 Å². The Balaban J connectivity index is 2.00. The number of anilines is 1. The molecule has 3 rings (SSSR count). The second-order valence-corrected chi connectivity index (χ2v) is 6.23. The first-order valence-electron chi connectivity index (χ1n) is 8.21. The van der Waals surface area contributed by atoms with Crippen molar-refractivity contribution in [1.29, 1.82) is 0 Å². The average molecular weight is 354 g/mol. The van der Waals surface area contributed by atoms with Gasteiger partial charge in [-0.25, -0.2) is 9.07 Å². The van der Waals surface area contributed by atoms with E-state index in [9.17, 15) is 14.0 Å². The third-order valence-electron chi connectivity index (χ3n) is 4.03. The lowest BCUT2D eigenvalue weighted by atomic mass is 10.1. The van der Waals surface area contributed by atoms with Crippen LogP contribution < -0.4 is 10.9 Å². The maximum absolute atomic E-state index is 13.1. The highest BCUT2D eigenvalue weighted by Gasteiger charge is 2.18. The average Bonchev–Trinajstić information content (AvgIpc) is 3.04. The Hall–Kier alpha value is -3.22. The van der Waals surface area contributed by atoms with E-state index in [0.29, 0.717) is 17.1 Å². The molecule has 7 heteroatoms. The van der Waals surface area contributed by atoms with Crippen LogP contribution in [-0.2, 0) is 0 Å². The quantitative estimate of drug-likeness (QED) is 0.781. The van der Waals surface area contributed by atoms with E-state index < -0.39 is 17.3 Å². The third-order valence-corrected chi connectivity index (χ3v) is 4.03. The summed E-state index contributed by atoms with van der Waals surface area (Å²) in [4.78, 5) is 25.6. The van der Waals surface area contributed by atoms with Crippen molar-refractivity contribution in [3.63, 3.8) is 0 Å². The van der Waals surface area contributed by atoms with Crippen LogP contribution in [0.25, 0.3) is 5.69 Å².